The van der Waals surface area contributed by atoms with Crippen LogP contribution in [0.4, 0.5) is 0 Å². The summed E-state index contributed by atoms with van der Waals surface area (Å²) in [5.41, 5.74) is 8.19. The minimum atomic E-state index is -0.705. The number of hydrogen-bond acceptors (Lipinski definition) is 3. The monoisotopic (exact) mass is 349 g/mol. The minimum Gasteiger partial charge on any atom is -0.491 e. The highest BCUT2D eigenvalue weighted by atomic mass is 79.9. The van der Waals surface area contributed by atoms with Gasteiger partial charge in [-0.1, -0.05) is 52.3 Å². The van der Waals surface area contributed by atoms with Gasteiger partial charge in [-0.05, 0) is 36.6 Å². The lowest BCUT2D eigenvalue weighted by Crippen LogP contribution is -2.40. The Morgan fingerprint density at radius 3 is 2.62 bits per heavy atom. The zero-order valence-electron chi connectivity index (χ0n) is 12.0. The third-order valence-corrected chi connectivity index (χ3v) is 3.86. The summed E-state index contributed by atoms with van der Waals surface area (Å²) in [6, 6.07) is 15.4. The van der Waals surface area contributed by atoms with E-state index >= 15 is 0 Å². The van der Waals surface area contributed by atoms with Gasteiger partial charge in [0.15, 0.2) is 0 Å². The number of halogens is 1. The van der Waals surface area contributed by atoms with Gasteiger partial charge in [-0.2, -0.15) is 0 Å². The molecule has 2 rings (SSSR count). The van der Waals surface area contributed by atoms with E-state index in [1.807, 2.05) is 55.5 Å². The summed E-state index contributed by atoms with van der Waals surface area (Å²) in [5.74, 6) is 0.760. The third-order valence-electron chi connectivity index (χ3n) is 3.37. The summed E-state index contributed by atoms with van der Waals surface area (Å²) >= 11 is 3.41. The quantitative estimate of drug-likeness (QED) is 0.842. The molecule has 0 amide bonds. The molecule has 4 heteroatoms. The molecule has 3 N–H and O–H groups in total. The van der Waals surface area contributed by atoms with Crippen molar-refractivity contribution in [3.05, 3.63) is 64.1 Å². The molecule has 0 bridgehead atoms. The first-order chi connectivity index (χ1) is 10.1. The highest BCUT2D eigenvalue weighted by molar-refractivity contribution is 9.10. The van der Waals surface area contributed by atoms with Crippen molar-refractivity contribution in [3.8, 4) is 5.75 Å². The van der Waals surface area contributed by atoms with Crippen molar-refractivity contribution >= 4 is 15.9 Å². The lowest BCUT2D eigenvalue weighted by molar-refractivity contribution is 0.0848. The first-order valence-electron chi connectivity index (χ1n) is 6.93. The summed E-state index contributed by atoms with van der Waals surface area (Å²) in [7, 11) is 0. The molecule has 2 unspecified atom stereocenters. The van der Waals surface area contributed by atoms with Crippen LogP contribution in [0.25, 0.3) is 0 Å². The molecular weight excluding hydrogens is 330 g/mol. The van der Waals surface area contributed by atoms with Gasteiger partial charge >= 0.3 is 0 Å². The van der Waals surface area contributed by atoms with Crippen LogP contribution < -0.4 is 10.5 Å². The van der Waals surface area contributed by atoms with Gasteiger partial charge in [0.1, 0.15) is 18.5 Å². The van der Waals surface area contributed by atoms with Crippen LogP contribution in [0.3, 0.4) is 0 Å². The number of ether oxygens (including phenoxy) is 1. The van der Waals surface area contributed by atoms with Crippen LogP contribution in [0, 0.1) is 6.92 Å². The summed E-state index contributed by atoms with van der Waals surface area (Å²) < 4.78 is 6.63. The second kappa shape index (κ2) is 7.59. The van der Waals surface area contributed by atoms with E-state index in [0.29, 0.717) is 6.42 Å². The Morgan fingerprint density at radius 1 is 1.19 bits per heavy atom. The van der Waals surface area contributed by atoms with E-state index in [2.05, 4.69) is 15.9 Å². The number of hydrogen-bond donors (Lipinski definition) is 2. The maximum atomic E-state index is 10.1. The Bertz CT molecular complexity index is 574. The minimum absolute atomic E-state index is 0.186. The molecule has 0 aliphatic carbocycles. The van der Waals surface area contributed by atoms with Gasteiger partial charge in [0.25, 0.3) is 0 Å². The molecule has 0 aliphatic rings. The molecular formula is C17H20BrNO2. The highest BCUT2D eigenvalue weighted by Gasteiger charge is 2.16. The molecule has 2 aromatic carbocycles. The van der Waals surface area contributed by atoms with E-state index in [-0.39, 0.29) is 12.6 Å². The maximum absolute atomic E-state index is 10.1. The Balaban J connectivity index is 1.89. The van der Waals surface area contributed by atoms with Crippen LogP contribution in [-0.2, 0) is 6.42 Å². The summed E-state index contributed by atoms with van der Waals surface area (Å²) in [5, 5.41) is 10.1. The van der Waals surface area contributed by atoms with Gasteiger partial charge in [-0.15, -0.1) is 0 Å². The van der Waals surface area contributed by atoms with Crippen molar-refractivity contribution in [2.24, 2.45) is 5.73 Å². The molecule has 21 heavy (non-hydrogen) atoms. The number of aliphatic hydroxyl groups is 1. The van der Waals surface area contributed by atoms with Crippen molar-refractivity contribution in [1.29, 1.82) is 0 Å². The summed E-state index contributed by atoms with van der Waals surface area (Å²) in [4.78, 5) is 0. The molecule has 0 aliphatic heterocycles. The van der Waals surface area contributed by atoms with E-state index in [9.17, 15) is 5.11 Å². The van der Waals surface area contributed by atoms with E-state index in [4.69, 9.17) is 10.5 Å². The van der Waals surface area contributed by atoms with Crippen LogP contribution in [0.5, 0.6) is 5.75 Å². The SMILES string of the molecule is Cc1ccc(Br)cc1OCC(O)C(N)Cc1ccccc1. The molecule has 0 saturated carbocycles. The standard InChI is InChI=1S/C17H20BrNO2/c1-12-7-8-14(18)10-17(12)21-11-16(20)15(19)9-13-5-3-2-4-6-13/h2-8,10,15-16,20H,9,11,19H2,1H3. The van der Waals surface area contributed by atoms with Crippen LogP contribution in [0.2, 0.25) is 0 Å². The first-order valence-corrected chi connectivity index (χ1v) is 7.72. The van der Waals surface area contributed by atoms with Crippen LogP contribution in [0.15, 0.2) is 53.0 Å². The number of aliphatic hydroxyl groups excluding tert-OH is 1. The Labute approximate surface area is 133 Å². The fourth-order valence-electron chi connectivity index (χ4n) is 2.05. The van der Waals surface area contributed by atoms with Crippen molar-refractivity contribution in [1.82, 2.24) is 0 Å². The van der Waals surface area contributed by atoms with Gasteiger partial charge in [0.2, 0.25) is 0 Å². The van der Waals surface area contributed by atoms with Crippen molar-refractivity contribution < 1.29 is 9.84 Å². The summed E-state index contributed by atoms with van der Waals surface area (Å²) in [6.45, 7) is 2.16. The molecule has 2 atom stereocenters. The van der Waals surface area contributed by atoms with Crippen molar-refractivity contribution in [2.45, 2.75) is 25.5 Å². The largest absolute Gasteiger partial charge is 0.491 e. The molecule has 0 spiro atoms. The Hall–Kier alpha value is -1.36. The zero-order valence-corrected chi connectivity index (χ0v) is 13.6. The van der Waals surface area contributed by atoms with E-state index in [1.165, 1.54) is 0 Å². The average molecular weight is 350 g/mol. The second-order valence-corrected chi connectivity index (χ2v) is 6.06. The molecule has 0 fully saturated rings. The third kappa shape index (κ3) is 4.84. The number of benzene rings is 2. The molecule has 2 aromatic rings. The average Bonchev–Trinajstić information content (AvgIpc) is 2.49. The highest BCUT2D eigenvalue weighted by Crippen LogP contribution is 2.23. The zero-order chi connectivity index (χ0) is 15.2. The maximum Gasteiger partial charge on any atom is 0.123 e. The number of nitrogens with two attached hydrogens (primary N) is 1. The van der Waals surface area contributed by atoms with Gasteiger partial charge in [-0.25, -0.2) is 0 Å². The first kappa shape index (κ1) is 16.0. The fourth-order valence-corrected chi connectivity index (χ4v) is 2.39. The second-order valence-electron chi connectivity index (χ2n) is 5.14. The predicted molar refractivity (Wildman–Crippen MR) is 88.5 cm³/mol. The summed E-state index contributed by atoms with van der Waals surface area (Å²) in [6.07, 6.45) is -0.0772. The normalized spacial score (nSPS) is 13.7. The van der Waals surface area contributed by atoms with Crippen LogP contribution >= 0.6 is 15.9 Å². The van der Waals surface area contributed by atoms with Crippen molar-refractivity contribution in [3.63, 3.8) is 0 Å². The predicted octanol–water partition coefficient (Wildman–Crippen LogP) is 3.07. The van der Waals surface area contributed by atoms with Gasteiger partial charge in [-0.3, -0.25) is 0 Å². The smallest absolute Gasteiger partial charge is 0.123 e. The van der Waals surface area contributed by atoms with Gasteiger partial charge in [0.05, 0.1) is 0 Å². The molecule has 3 nitrogen and oxygen atoms in total. The molecule has 0 heterocycles. The number of rotatable bonds is 6. The van der Waals surface area contributed by atoms with Gasteiger partial charge in [0, 0.05) is 10.5 Å². The van der Waals surface area contributed by atoms with Crippen LogP contribution in [-0.4, -0.2) is 23.9 Å². The lowest BCUT2D eigenvalue weighted by Gasteiger charge is -2.20. The number of aryl methyl sites for hydroxylation is 1. The fraction of sp³-hybridized carbons (Fsp3) is 0.294. The van der Waals surface area contributed by atoms with E-state index in [1.54, 1.807) is 0 Å². The van der Waals surface area contributed by atoms with Crippen LogP contribution in [0.1, 0.15) is 11.1 Å². The van der Waals surface area contributed by atoms with Crippen molar-refractivity contribution in [2.75, 3.05) is 6.61 Å². The topological polar surface area (TPSA) is 55.5 Å². The van der Waals surface area contributed by atoms with E-state index < -0.39 is 6.10 Å². The molecule has 0 saturated heterocycles. The lowest BCUT2D eigenvalue weighted by atomic mass is 10.0. The Morgan fingerprint density at radius 2 is 1.90 bits per heavy atom. The molecule has 112 valence electrons. The van der Waals surface area contributed by atoms with Gasteiger partial charge < -0.3 is 15.6 Å². The van der Waals surface area contributed by atoms with E-state index in [0.717, 1.165) is 21.3 Å². The molecule has 0 radical (unpaired) electrons. The Kier molecular flexibility index (Phi) is 5.79. The molecule has 0 aromatic heterocycles.